The van der Waals surface area contributed by atoms with Gasteiger partial charge < -0.3 is 18.9 Å². The normalized spacial score (nSPS) is 21.5. The Labute approximate surface area is 258 Å². The van der Waals surface area contributed by atoms with Gasteiger partial charge in [-0.3, -0.25) is 29.3 Å². The maximum atomic E-state index is 12.9. The third-order valence-electron chi connectivity index (χ3n) is 7.18. The van der Waals surface area contributed by atoms with Crippen LogP contribution in [0, 0.1) is 5.92 Å². The average Bonchev–Trinajstić information content (AvgIpc) is 3.56. The summed E-state index contributed by atoms with van der Waals surface area (Å²) in [5.41, 5.74) is 0.0858. The minimum Gasteiger partial charge on any atom is -0.455 e. The lowest BCUT2D eigenvalue weighted by Crippen LogP contribution is -2.51. The number of halogens is 1. The van der Waals surface area contributed by atoms with Gasteiger partial charge in [-0.2, -0.15) is 4.98 Å². The molecule has 44 heavy (non-hydrogen) atoms. The number of nitrogens with zero attached hydrogens (tertiary/aromatic N) is 3. The molecule has 12 nitrogen and oxygen atoms in total. The number of esters is 1. The summed E-state index contributed by atoms with van der Waals surface area (Å²) in [7, 11) is 0. The highest BCUT2D eigenvalue weighted by molar-refractivity contribution is 6.18. The van der Waals surface area contributed by atoms with Gasteiger partial charge in [0.05, 0.1) is 32.0 Å². The molecule has 0 bridgehead atoms. The molecule has 1 saturated heterocycles. The summed E-state index contributed by atoms with van der Waals surface area (Å²) < 4.78 is 26.5. The second-order valence-corrected chi connectivity index (χ2v) is 11.1. The molecular formula is C31H34ClN5O7. The van der Waals surface area contributed by atoms with Crippen LogP contribution in [0.25, 0.3) is 11.2 Å². The smallest absolute Gasteiger partial charge is 0.303 e. The Kier molecular flexibility index (Phi) is 9.74. The van der Waals surface area contributed by atoms with Crippen LogP contribution in [-0.4, -0.2) is 61.7 Å². The number of anilines is 1. The van der Waals surface area contributed by atoms with Crippen molar-refractivity contribution in [1.29, 1.82) is 0 Å². The van der Waals surface area contributed by atoms with Gasteiger partial charge in [0.25, 0.3) is 5.56 Å². The van der Waals surface area contributed by atoms with Crippen molar-refractivity contribution >= 4 is 40.6 Å². The SMILES string of the molecule is CC(=O)O[C@H]1[C@H](n2cnc3c(=O)[nH]c(NC(=O)C(C)C)nc32)O[C@](CCl)(COCc2ccccc2)[C@H]1OCc1ccccc1. The third-order valence-corrected chi connectivity index (χ3v) is 7.64. The van der Waals surface area contributed by atoms with E-state index in [0.29, 0.717) is 0 Å². The summed E-state index contributed by atoms with van der Waals surface area (Å²) in [5, 5.41) is 2.60. The lowest BCUT2D eigenvalue weighted by molar-refractivity contribution is -0.158. The van der Waals surface area contributed by atoms with Crippen molar-refractivity contribution in [1.82, 2.24) is 19.5 Å². The number of alkyl halides is 1. The van der Waals surface area contributed by atoms with Gasteiger partial charge in [-0.1, -0.05) is 74.5 Å². The quantitative estimate of drug-likeness (QED) is 0.177. The Hall–Kier alpha value is -4.10. The summed E-state index contributed by atoms with van der Waals surface area (Å²) in [6, 6.07) is 19.1. The third kappa shape index (κ3) is 6.83. The van der Waals surface area contributed by atoms with Crippen molar-refractivity contribution < 1.29 is 28.5 Å². The molecule has 2 aromatic heterocycles. The molecule has 232 valence electrons. The van der Waals surface area contributed by atoms with Crippen LogP contribution in [0.5, 0.6) is 0 Å². The largest absolute Gasteiger partial charge is 0.455 e. The summed E-state index contributed by atoms with van der Waals surface area (Å²) in [4.78, 5) is 48.9. The molecule has 0 spiro atoms. The number of H-pyrrole nitrogens is 1. The Morgan fingerprint density at radius 3 is 2.36 bits per heavy atom. The topological polar surface area (TPSA) is 147 Å². The highest BCUT2D eigenvalue weighted by Crippen LogP contribution is 2.43. The van der Waals surface area contributed by atoms with Crippen LogP contribution >= 0.6 is 11.6 Å². The predicted molar refractivity (Wildman–Crippen MR) is 162 cm³/mol. The van der Waals surface area contributed by atoms with Gasteiger partial charge in [-0.15, -0.1) is 11.6 Å². The number of amides is 1. The van der Waals surface area contributed by atoms with E-state index in [1.54, 1.807) is 13.8 Å². The molecule has 1 fully saturated rings. The van der Waals surface area contributed by atoms with Crippen LogP contribution in [0.1, 0.15) is 38.1 Å². The van der Waals surface area contributed by atoms with E-state index in [0.717, 1.165) is 11.1 Å². The number of carbonyl (C=O) groups is 2. The van der Waals surface area contributed by atoms with Gasteiger partial charge in [-0.25, -0.2) is 4.98 Å². The summed E-state index contributed by atoms with van der Waals surface area (Å²) in [6.45, 7) is 5.16. The van der Waals surface area contributed by atoms with E-state index in [1.165, 1.54) is 17.8 Å². The number of carbonyl (C=O) groups excluding carboxylic acids is 2. The molecule has 0 aliphatic carbocycles. The minimum atomic E-state index is -1.29. The van der Waals surface area contributed by atoms with E-state index in [2.05, 4.69) is 20.3 Å². The molecule has 5 rings (SSSR count). The van der Waals surface area contributed by atoms with Gasteiger partial charge in [0.2, 0.25) is 11.9 Å². The molecule has 0 radical (unpaired) electrons. The molecule has 4 atom stereocenters. The van der Waals surface area contributed by atoms with Gasteiger partial charge in [-0.05, 0) is 11.1 Å². The summed E-state index contributed by atoms with van der Waals surface area (Å²) >= 11 is 6.64. The molecule has 2 aromatic carbocycles. The van der Waals surface area contributed by atoms with E-state index in [1.807, 2.05) is 60.7 Å². The van der Waals surface area contributed by atoms with Gasteiger partial charge in [0.1, 0.15) is 11.7 Å². The number of nitrogens with one attached hydrogen (secondary N) is 2. The van der Waals surface area contributed by atoms with Gasteiger partial charge >= 0.3 is 5.97 Å². The van der Waals surface area contributed by atoms with Crippen LogP contribution < -0.4 is 10.9 Å². The average molecular weight is 624 g/mol. The Morgan fingerprint density at radius 1 is 1.09 bits per heavy atom. The minimum absolute atomic E-state index is 0.00294. The number of hydrogen-bond donors (Lipinski definition) is 2. The fourth-order valence-corrected chi connectivity index (χ4v) is 5.26. The maximum absolute atomic E-state index is 12.9. The van der Waals surface area contributed by atoms with E-state index >= 15 is 0 Å². The molecular weight excluding hydrogens is 590 g/mol. The van der Waals surface area contributed by atoms with Crippen LogP contribution in [0.3, 0.4) is 0 Å². The van der Waals surface area contributed by atoms with Crippen molar-refractivity contribution in [3.8, 4) is 0 Å². The highest BCUT2D eigenvalue weighted by Gasteiger charge is 2.59. The fraction of sp³-hybridized carbons (Fsp3) is 0.387. The number of ether oxygens (including phenoxy) is 4. The van der Waals surface area contributed by atoms with Gasteiger partial charge in [0, 0.05) is 12.8 Å². The number of aromatic amines is 1. The number of rotatable bonds is 12. The highest BCUT2D eigenvalue weighted by atomic mass is 35.5. The number of aromatic nitrogens is 4. The molecule has 0 unspecified atom stereocenters. The van der Waals surface area contributed by atoms with Crippen molar-refractivity contribution in [2.75, 3.05) is 17.8 Å². The molecule has 13 heteroatoms. The molecule has 3 heterocycles. The molecule has 4 aromatic rings. The van der Waals surface area contributed by atoms with E-state index in [9.17, 15) is 14.4 Å². The van der Waals surface area contributed by atoms with Crippen LogP contribution in [-0.2, 0) is 41.8 Å². The number of fused-ring (bicyclic) bond motifs is 1. The Balaban J connectivity index is 1.54. The van der Waals surface area contributed by atoms with Crippen molar-refractivity contribution in [2.24, 2.45) is 5.92 Å². The first-order valence-corrected chi connectivity index (χ1v) is 14.7. The second-order valence-electron chi connectivity index (χ2n) is 10.9. The zero-order valence-corrected chi connectivity index (χ0v) is 25.3. The molecule has 2 N–H and O–H groups in total. The second kappa shape index (κ2) is 13.7. The van der Waals surface area contributed by atoms with Gasteiger partial charge in [0.15, 0.2) is 23.5 Å². The van der Waals surface area contributed by atoms with Crippen molar-refractivity contribution in [3.05, 3.63) is 88.5 Å². The first-order valence-electron chi connectivity index (χ1n) is 14.2. The first kappa shape index (κ1) is 31.3. The van der Waals surface area contributed by atoms with Crippen molar-refractivity contribution in [2.45, 2.75) is 58.0 Å². The van der Waals surface area contributed by atoms with E-state index in [-0.39, 0.29) is 54.6 Å². The van der Waals surface area contributed by atoms with Crippen LogP contribution in [0.15, 0.2) is 71.8 Å². The Morgan fingerprint density at radius 2 is 1.75 bits per heavy atom. The van der Waals surface area contributed by atoms with E-state index in [4.69, 9.17) is 30.5 Å². The zero-order chi connectivity index (χ0) is 31.3. The maximum Gasteiger partial charge on any atom is 0.303 e. The predicted octanol–water partition coefficient (Wildman–Crippen LogP) is 3.95. The first-order chi connectivity index (χ1) is 21.2. The number of imidazole rings is 1. The monoisotopic (exact) mass is 623 g/mol. The number of hydrogen-bond acceptors (Lipinski definition) is 9. The lowest BCUT2D eigenvalue weighted by Gasteiger charge is -2.33. The molecule has 1 aliphatic rings. The summed E-state index contributed by atoms with van der Waals surface area (Å²) in [5.74, 6) is -1.40. The summed E-state index contributed by atoms with van der Waals surface area (Å²) in [6.07, 6.45) is -1.63. The number of benzene rings is 2. The Bertz CT molecular complexity index is 1650. The molecule has 1 amide bonds. The standard InChI is InChI=1S/C31H34ClN5O7/c1-19(2)27(39)35-30-34-26-23(28(40)36-30)33-18-37(26)29-24(43-20(3)38)25(42-15-22-12-8-5-9-13-22)31(16-32,44-29)17-41-14-21-10-6-4-7-11-21/h4-13,18-19,24-25,29H,14-17H2,1-3H3,(H2,34,35,36,39,40)/t24-,25+,29-,31-/m1/s1. The van der Waals surface area contributed by atoms with E-state index < -0.39 is 35.6 Å². The lowest BCUT2D eigenvalue weighted by atomic mass is 9.97. The zero-order valence-electron chi connectivity index (χ0n) is 24.6. The molecule has 0 saturated carbocycles. The van der Waals surface area contributed by atoms with Crippen molar-refractivity contribution in [3.63, 3.8) is 0 Å². The molecule has 1 aliphatic heterocycles. The fourth-order valence-electron chi connectivity index (χ4n) is 4.97. The van der Waals surface area contributed by atoms with Crippen LogP contribution in [0.2, 0.25) is 0 Å². The van der Waals surface area contributed by atoms with Crippen LogP contribution in [0.4, 0.5) is 5.95 Å².